The summed E-state index contributed by atoms with van der Waals surface area (Å²) < 4.78 is 38.0. The summed E-state index contributed by atoms with van der Waals surface area (Å²) in [6.07, 6.45) is -4.41. The molecule has 2 rings (SSSR count). The maximum Gasteiger partial charge on any atom is 0.416 e. The van der Waals surface area contributed by atoms with E-state index in [0.29, 0.717) is 11.1 Å². The lowest BCUT2D eigenvalue weighted by atomic mass is 9.98. The molecule has 0 aliphatic rings. The summed E-state index contributed by atoms with van der Waals surface area (Å²) in [6.45, 7) is -0.160. The molecule has 0 radical (unpaired) electrons. The van der Waals surface area contributed by atoms with E-state index in [1.165, 1.54) is 17.0 Å². The van der Waals surface area contributed by atoms with Crippen LogP contribution in [0.1, 0.15) is 15.9 Å². The molecule has 0 saturated carbocycles. The Morgan fingerprint density at radius 3 is 2.16 bits per heavy atom. The van der Waals surface area contributed by atoms with Crippen LogP contribution in [0.3, 0.4) is 0 Å². The Morgan fingerprint density at radius 1 is 1.00 bits per heavy atom. The molecule has 132 valence electrons. The van der Waals surface area contributed by atoms with E-state index in [0.717, 1.165) is 12.1 Å². The smallest absolute Gasteiger partial charge is 0.347 e. The minimum atomic E-state index is -4.41. The largest absolute Gasteiger partial charge is 0.416 e. The molecule has 0 aliphatic heterocycles. The molecular formula is C18H17F3N2O2. The molecular weight excluding hydrogens is 333 g/mol. The maximum absolute atomic E-state index is 12.7. The van der Waals surface area contributed by atoms with Crippen LogP contribution >= 0.6 is 0 Å². The van der Waals surface area contributed by atoms with Gasteiger partial charge in [0.1, 0.15) is 0 Å². The Labute approximate surface area is 143 Å². The minimum absolute atomic E-state index is 0.160. The van der Waals surface area contributed by atoms with Crippen molar-refractivity contribution in [3.8, 4) is 11.1 Å². The summed E-state index contributed by atoms with van der Waals surface area (Å²) in [4.78, 5) is 25.2. The molecule has 0 saturated heterocycles. The molecule has 0 bridgehead atoms. The van der Waals surface area contributed by atoms with Gasteiger partial charge in [-0.15, -0.1) is 0 Å². The number of likely N-dealkylation sites (N-methyl/N-ethyl adjacent to an activating group) is 1. The molecule has 1 N–H and O–H groups in total. The van der Waals surface area contributed by atoms with Gasteiger partial charge in [-0.1, -0.05) is 30.3 Å². The molecule has 0 spiro atoms. The van der Waals surface area contributed by atoms with Gasteiger partial charge in [-0.2, -0.15) is 13.2 Å². The van der Waals surface area contributed by atoms with E-state index in [4.69, 9.17) is 0 Å². The van der Waals surface area contributed by atoms with Crippen molar-refractivity contribution in [2.24, 2.45) is 0 Å². The lowest BCUT2D eigenvalue weighted by Crippen LogP contribution is -2.36. The predicted octanol–water partition coefficient (Wildman–Crippen LogP) is 3.19. The first-order valence-corrected chi connectivity index (χ1v) is 7.45. The van der Waals surface area contributed by atoms with Gasteiger partial charge in [0.2, 0.25) is 5.91 Å². The van der Waals surface area contributed by atoms with E-state index in [-0.39, 0.29) is 18.0 Å². The Hall–Kier alpha value is -2.83. The number of carbonyl (C=O) groups excluding carboxylic acids is 2. The Bertz CT molecular complexity index is 769. The lowest BCUT2D eigenvalue weighted by Gasteiger charge is -2.13. The number of rotatable bonds is 4. The van der Waals surface area contributed by atoms with Crippen molar-refractivity contribution in [2.45, 2.75) is 6.18 Å². The second kappa shape index (κ2) is 7.38. The van der Waals surface area contributed by atoms with Crippen molar-refractivity contribution in [3.05, 3.63) is 59.7 Å². The SMILES string of the molecule is CN(C)C(=O)CNC(=O)c1ccccc1-c1ccc(C(F)(F)F)cc1. The number of halogens is 3. The van der Waals surface area contributed by atoms with Crippen LogP contribution in [0.4, 0.5) is 13.2 Å². The highest BCUT2D eigenvalue weighted by Crippen LogP contribution is 2.31. The molecule has 4 nitrogen and oxygen atoms in total. The van der Waals surface area contributed by atoms with Crippen LogP contribution in [0.25, 0.3) is 11.1 Å². The van der Waals surface area contributed by atoms with Crippen molar-refractivity contribution in [1.82, 2.24) is 10.2 Å². The zero-order valence-electron chi connectivity index (χ0n) is 13.7. The first-order valence-electron chi connectivity index (χ1n) is 7.45. The molecule has 0 heterocycles. The molecule has 2 aromatic carbocycles. The Kier molecular flexibility index (Phi) is 5.46. The van der Waals surface area contributed by atoms with Crippen LogP contribution in [0.15, 0.2) is 48.5 Å². The average molecular weight is 350 g/mol. The van der Waals surface area contributed by atoms with Crippen LogP contribution in [0.2, 0.25) is 0 Å². The quantitative estimate of drug-likeness (QED) is 0.921. The Morgan fingerprint density at radius 2 is 1.60 bits per heavy atom. The van der Waals surface area contributed by atoms with Crippen molar-refractivity contribution in [1.29, 1.82) is 0 Å². The Balaban J connectivity index is 2.26. The lowest BCUT2D eigenvalue weighted by molar-refractivity contribution is -0.137. The maximum atomic E-state index is 12.7. The molecule has 0 aliphatic carbocycles. The summed E-state index contributed by atoms with van der Waals surface area (Å²) in [5, 5.41) is 2.52. The van der Waals surface area contributed by atoms with Crippen LogP contribution < -0.4 is 5.32 Å². The molecule has 2 aromatic rings. The third-order valence-electron chi connectivity index (χ3n) is 3.59. The number of nitrogens with one attached hydrogen (secondary N) is 1. The van der Waals surface area contributed by atoms with Gasteiger partial charge in [-0.3, -0.25) is 9.59 Å². The van der Waals surface area contributed by atoms with Gasteiger partial charge >= 0.3 is 6.18 Å². The molecule has 0 atom stereocenters. The van der Waals surface area contributed by atoms with E-state index in [2.05, 4.69) is 5.32 Å². The van der Waals surface area contributed by atoms with Gasteiger partial charge in [0, 0.05) is 19.7 Å². The average Bonchev–Trinajstić information content (AvgIpc) is 2.58. The summed E-state index contributed by atoms with van der Waals surface area (Å²) in [5.41, 5.74) is 0.507. The zero-order valence-corrected chi connectivity index (χ0v) is 13.7. The van der Waals surface area contributed by atoms with Gasteiger partial charge in [-0.05, 0) is 29.3 Å². The number of hydrogen-bond donors (Lipinski definition) is 1. The van der Waals surface area contributed by atoms with E-state index < -0.39 is 17.6 Å². The molecule has 0 fully saturated rings. The van der Waals surface area contributed by atoms with Crippen molar-refractivity contribution in [2.75, 3.05) is 20.6 Å². The van der Waals surface area contributed by atoms with E-state index in [9.17, 15) is 22.8 Å². The van der Waals surface area contributed by atoms with Crippen LogP contribution in [0, 0.1) is 0 Å². The van der Waals surface area contributed by atoms with E-state index in [1.54, 1.807) is 38.4 Å². The second-order valence-electron chi connectivity index (χ2n) is 5.59. The highest BCUT2D eigenvalue weighted by atomic mass is 19.4. The number of alkyl halides is 3. The first kappa shape index (κ1) is 18.5. The van der Waals surface area contributed by atoms with Gasteiger partial charge < -0.3 is 10.2 Å². The van der Waals surface area contributed by atoms with Gasteiger partial charge in [0.05, 0.1) is 12.1 Å². The highest BCUT2D eigenvalue weighted by Gasteiger charge is 2.30. The third kappa shape index (κ3) is 4.59. The fraction of sp³-hybridized carbons (Fsp3) is 0.222. The predicted molar refractivity (Wildman–Crippen MR) is 87.9 cm³/mol. The van der Waals surface area contributed by atoms with Crippen LogP contribution in [-0.2, 0) is 11.0 Å². The van der Waals surface area contributed by atoms with Crippen molar-refractivity contribution >= 4 is 11.8 Å². The number of benzene rings is 2. The van der Waals surface area contributed by atoms with Crippen molar-refractivity contribution in [3.63, 3.8) is 0 Å². The van der Waals surface area contributed by atoms with E-state index in [1.807, 2.05) is 0 Å². The topological polar surface area (TPSA) is 49.4 Å². The summed E-state index contributed by atoms with van der Waals surface area (Å²) >= 11 is 0. The number of nitrogens with zero attached hydrogens (tertiary/aromatic N) is 1. The summed E-state index contributed by atoms with van der Waals surface area (Å²) in [5.74, 6) is -0.731. The number of carbonyl (C=O) groups is 2. The van der Waals surface area contributed by atoms with Gasteiger partial charge in [0.25, 0.3) is 5.91 Å². The van der Waals surface area contributed by atoms with Crippen LogP contribution in [-0.4, -0.2) is 37.4 Å². The fourth-order valence-electron chi connectivity index (χ4n) is 2.18. The highest BCUT2D eigenvalue weighted by molar-refractivity contribution is 6.02. The summed E-state index contributed by atoms with van der Waals surface area (Å²) in [6, 6.07) is 11.1. The molecule has 25 heavy (non-hydrogen) atoms. The molecule has 2 amide bonds. The number of amides is 2. The van der Waals surface area contributed by atoms with Crippen LogP contribution in [0.5, 0.6) is 0 Å². The number of hydrogen-bond acceptors (Lipinski definition) is 2. The fourth-order valence-corrected chi connectivity index (χ4v) is 2.18. The standard InChI is InChI=1S/C18H17F3N2O2/c1-23(2)16(24)11-22-17(25)15-6-4-3-5-14(15)12-7-9-13(10-8-12)18(19,20)21/h3-10H,11H2,1-2H3,(H,22,25). The molecule has 0 unspecified atom stereocenters. The first-order chi connectivity index (χ1) is 11.7. The third-order valence-corrected chi connectivity index (χ3v) is 3.59. The zero-order chi connectivity index (χ0) is 18.6. The van der Waals surface area contributed by atoms with Gasteiger partial charge in [0.15, 0.2) is 0 Å². The second-order valence-corrected chi connectivity index (χ2v) is 5.59. The minimum Gasteiger partial charge on any atom is -0.347 e. The van der Waals surface area contributed by atoms with Crippen molar-refractivity contribution < 1.29 is 22.8 Å². The normalized spacial score (nSPS) is 11.1. The van der Waals surface area contributed by atoms with E-state index >= 15 is 0 Å². The van der Waals surface area contributed by atoms with Gasteiger partial charge in [-0.25, -0.2) is 0 Å². The molecule has 0 aromatic heterocycles. The monoisotopic (exact) mass is 350 g/mol. The molecule has 7 heteroatoms. The summed E-state index contributed by atoms with van der Waals surface area (Å²) in [7, 11) is 3.15.